The first-order valence-electron chi connectivity index (χ1n) is 6.20. The molecule has 1 aromatic carbocycles. The number of aliphatic hydroxyl groups is 1. The summed E-state index contributed by atoms with van der Waals surface area (Å²) in [7, 11) is -0.153. The zero-order valence-electron chi connectivity index (χ0n) is 11.9. The molecule has 0 heterocycles. The van der Waals surface area contributed by atoms with E-state index in [-0.39, 0.29) is 22.9 Å². The maximum atomic E-state index is 11.2. The zero-order chi connectivity index (χ0) is 16.0. The minimum atomic E-state index is -3.92. The second kappa shape index (κ2) is 7.46. The normalized spacial score (nSPS) is 13.2. The Bertz CT molecular complexity index is 589. The summed E-state index contributed by atoms with van der Waals surface area (Å²) in [6.45, 7) is 0.452. The molecule has 9 heteroatoms. The summed E-state index contributed by atoms with van der Waals surface area (Å²) in [5.74, 6) is 0.107. The molecule has 0 aliphatic rings. The van der Waals surface area contributed by atoms with Crippen LogP contribution in [0.5, 0.6) is 5.75 Å². The molecule has 0 unspecified atom stereocenters. The van der Waals surface area contributed by atoms with Crippen LogP contribution in [-0.2, 0) is 10.0 Å². The Morgan fingerprint density at radius 1 is 1.43 bits per heavy atom. The topological polar surface area (TPSA) is 122 Å². The summed E-state index contributed by atoms with van der Waals surface area (Å²) in [6, 6.07) is 3.56. The fourth-order valence-electron chi connectivity index (χ4n) is 1.61. The van der Waals surface area contributed by atoms with Gasteiger partial charge >= 0.3 is 0 Å². The molecule has 118 valence electrons. The Hall–Kier alpha value is -1.55. The van der Waals surface area contributed by atoms with Crippen LogP contribution in [0, 0.1) is 4.91 Å². The quantitative estimate of drug-likeness (QED) is 0.670. The largest absolute Gasteiger partial charge is 0.486 e. The molecule has 21 heavy (non-hydrogen) atoms. The Balaban J connectivity index is 2.94. The Morgan fingerprint density at radius 3 is 2.57 bits per heavy atom. The van der Waals surface area contributed by atoms with Crippen LogP contribution in [0.15, 0.2) is 28.3 Å². The van der Waals surface area contributed by atoms with Gasteiger partial charge in [-0.05, 0) is 43.9 Å². The van der Waals surface area contributed by atoms with Crippen molar-refractivity contribution in [3.63, 3.8) is 0 Å². The van der Waals surface area contributed by atoms with Crippen LogP contribution in [0.2, 0.25) is 0 Å². The van der Waals surface area contributed by atoms with Gasteiger partial charge in [0.25, 0.3) is 0 Å². The lowest BCUT2D eigenvalue weighted by Gasteiger charge is -2.19. The van der Waals surface area contributed by atoms with Crippen molar-refractivity contribution < 1.29 is 18.3 Å². The van der Waals surface area contributed by atoms with Gasteiger partial charge in [0, 0.05) is 6.54 Å². The van der Waals surface area contributed by atoms with Gasteiger partial charge in [-0.2, -0.15) is 0 Å². The number of rotatable bonds is 8. The first-order valence-corrected chi connectivity index (χ1v) is 7.75. The van der Waals surface area contributed by atoms with Crippen LogP contribution in [0.25, 0.3) is 0 Å². The SMILES string of the molecule is CN(C)CC[C@H](CO)Oc1ccc(S(N)(=O)=O)cc1N=O. The Morgan fingerprint density at radius 2 is 2.10 bits per heavy atom. The monoisotopic (exact) mass is 317 g/mol. The minimum Gasteiger partial charge on any atom is -0.486 e. The van der Waals surface area contributed by atoms with E-state index in [1.807, 2.05) is 19.0 Å². The smallest absolute Gasteiger partial charge is 0.238 e. The summed E-state index contributed by atoms with van der Waals surface area (Å²) >= 11 is 0. The van der Waals surface area contributed by atoms with Crippen molar-refractivity contribution in [2.24, 2.45) is 10.3 Å². The molecule has 0 bridgehead atoms. The number of nitrogens with two attached hydrogens (primary N) is 1. The highest BCUT2D eigenvalue weighted by atomic mass is 32.2. The van der Waals surface area contributed by atoms with Gasteiger partial charge in [-0.15, -0.1) is 4.91 Å². The summed E-state index contributed by atoms with van der Waals surface area (Å²) in [5, 5.41) is 17.0. The van der Waals surface area contributed by atoms with E-state index < -0.39 is 16.1 Å². The summed E-state index contributed by atoms with van der Waals surface area (Å²) in [4.78, 5) is 12.5. The van der Waals surface area contributed by atoms with Crippen molar-refractivity contribution in [1.29, 1.82) is 0 Å². The number of ether oxygens (including phenoxy) is 1. The van der Waals surface area contributed by atoms with Crippen molar-refractivity contribution >= 4 is 15.7 Å². The lowest BCUT2D eigenvalue weighted by atomic mass is 10.2. The van der Waals surface area contributed by atoms with Crippen molar-refractivity contribution in [2.45, 2.75) is 17.4 Å². The number of hydrogen-bond donors (Lipinski definition) is 2. The number of nitrogens with zero attached hydrogens (tertiary/aromatic N) is 2. The minimum absolute atomic E-state index is 0.107. The first kappa shape index (κ1) is 17.5. The Kier molecular flexibility index (Phi) is 6.21. The van der Waals surface area contributed by atoms with E-state index in [4.69, 9.17) is 9.88 Å². The van der Waals surface area contributed by atoms with Crippen LogP contribution < -0.4 is 9.88 Å². The second-order valence-corrected chi connectivity index (χ2v) is 6.34. The molecule has 0 saturated carbocycles. The summed E-state index contributed by atoms with van der Waals surface area (Å²) < 4.78 is 27.9. The van der Waals surface area contributed by atoms with E-state index >= 15 is 0 Å². The fourth-order valence-corrected chi connectivity index (χ4v) is 2.15. The molecule has 0 aliphatic carbocycles. The molecule has 0 aromatic heterocycles. The molecule has 1 atom stereocenters. The van der Waals surface area contributed by atoms with Gasteiger partial charge in [0.05, 0.1) is 11.5 Å². The molecule has 1 aromatic rings. The van der Waals surface area contributed by atoms with Crippen molar-refractivity contribution in [3.05, 3.63) is 23.1 Å². The van der Waals surface area contributed by atoms with Gasteiger partial charge in [0.1, 0.15) is 11.9 Å². The zero-order valence-corrected chi connectivity index (χ0v) is 12.7. The molecule has 0 radical (unpaired) electrons. The number of benzene rings is 1. The predicted octanol–water partition coefficient (Wildman–Crippen LogP) is 0.423. The highest BCUT2D eigenvalue weighted by Crippen LogP contribution is 2.30. The molecule has 0 amide bonds. The van der Waals surface area contributed by atoms with E-state index in [0.717, 1.165) is 6.07 Å². The van der Waals surface area contributed by atoms with Gasteiger partial charge in [-0.1, -0.05) is 0 Å². The molecule has 0 saturated heterocycles. The predicted molar refractivity (Wildman–Crippen MR) is 77.9 cm³/mol. The van der Waals surface area contributed by atoms with E-state index in [9.17, 15) is 18.4 Å². The molecule has 0 aliphatic heterocycles. The summed E-state index contributed by atoms with van der Waals surface area (Å²) in [5.41, 5.74) is -0.176. The van der Waals surface area contributed by atoms with Gasteiger partial charge in [0.2, 0.25) is 10.0 Å². The molecular formula is C12H19N3O5S. The first-order chi connectivity index (χ1) is 9.77. The maximum absolute atomic E-state index is 11.2. The van der Waals surface area contributed by atoms with E-state index in [1.54, 1.807) is 0 Å². The number of primary sulfonamides is 1. The highest BCUT2D eigenvalue weighted by Gasteiger charge is 2.16. The number of sulfonamides is 1. The summed E-state index contributed by atoms with van der Waals surface area (Å²) in [6.07, 6.45) is 0.0203. The average Bonchev–Trinajstić information content (AvgIpc) is 2.42. The lowest BCUT2D eigenvalue weighted by molar-refractivity contribution is 0.102. The van der Waals surface area contributed by atoms with E-state index in [1.165, 1.54) is 12.1 Å². The highest BCUT2D eigenvalue weighted by molar-refractivity contribution is 7.89. The lowest BCUT2D eigenvalue weighted by Crippen LogP contribution is -2.27. The number of nitroso groups, excluding NO2 is 1. The number of hydrogen-bond acceptors (Lipinski definition) is 7. The molecule has 8 nitrogen and oxygen atoms in total. The molecular weight excluding hydrogens is 298 g/mol. The van der Waals surface area contributed by atoms with Crippen LogP contribution in [-0.4, -0.2) is 51.8 Å². The standard InChI is InChI=1S/C12H19N3O5S/c1-15(2)6-5-9(8-16)20-12-4-3-10(21(13,18)19)7-11(12)14-17/h3-4,7,9,16H,5-6,8H2,1-2H3,(H2,13,18,19)/t9-/m1/s1. The van der Waals surface area contributed by atoms with Crippen LogP contribution in [0.3, 0.4) is 0 Å². The van der Waals surface area contributed by atoms with Gasteiger partial charge in [0.15, 0.2) is 5.69 Å². The third-order valence-electron chi connectivity index (χ3n) is 2.75. The second-order valence-electron chi connectivity index (χ2n) is 4.78. The van der Waals surface area contributed by atoms with Crippen molar-refractivity contribution in [1.82, 2.24) is 4.90 Å². The molecule has 3 N–H and O–H groups in total. The van der Waals surface area contributed by atoms with E-state index in [0.29, 0.717) is 13.0 Å². The van der Waals surface area contributed by atoms with Gasteiger partial charge < -0.3 is 14.7 Å². The molecule has 0 fully saturated rings. The third-order valence-corrected chi connectivity index (χ3v) is 3.66. The molecule has 1 rings (SSSR count). The maximum Gasteiger partial charge on any atom is 0.238 e. The van der Waals surface area contributed by atoms with E-state index in [2.05, 4.69) is 5.18 Å². The number of aliphatic hydroxyl groups excluding tert-OH is 1. The van der Waals surface area contributed by atoms with Crippen LogP contribution in [0.1, 0.15) is 6.42 Å². The average molecular weight is 317 g/mol. The third kappa shape index (κ3) is 5.38. The van der Waals surface area contributed by atoms with Gasteiger partial charge in [-0.3, -0.25) is 0 Å². The van der Waals surface area contributed by atoms with Crippen molar-refractivity contribution in [3.8, 4) is 5.75 Å². The Labute approximate surface area is 123 Å². The molecule has 0 spiro atoms. The van der Waals surface area contributed by atoms with Crippen LogP contribution in [0.4, 0.5) is 5.69 Å². The van der Waals surface area contributed by atoms with Gasteiger partial charge in [-0.25, -0.2) is 13.6 Å². The van der Waals surface area contributed by atoms with Crippen LogP contribution >= 0.6 is 0 Å². The van der Waals surface area contributed by atoms with Crippen molar-refractivity contribution in [2.75, 3.05) is 27.2 Å². The fraction of sp³-hybridized carbons (Fsp3) is 0.500.